The van der Waals surface area contributed by atoms with Crippen molar-refractivity contribution >= 4 is 17.5 Å². The molecule has 1 unspecified atom stereocenters. The predicted octanol–water partition coefficient (Wildman–Crippen LogP) is 6.02. The van der Waals surface area contributed by atoms with E-state index >= 15 is 0 Å². The maximum atomic E-state index is 13.8. The van der Waals surface area contributed by atoms with Gasteiger partial charge >= 0.3 is 5.97 Å². The summed E-state index contributed by atoms with van der Waals surface area (Å²) in [5.74, 6) is -0.521. The summed E-state index contributed by atoms with van der Waals surface area (Å²) in [6.07, 6.45) is 0.987. The first-order chi connectivity index (χ1) is 18.5. The van der Waals surface area contributed by atoms with Gasteiger partial charge in [0, 0.05) is 41.0 Å². The number of esters is 1. The molecule has 6 nitrogen and oxygen atoms in total. The number of carbonyl (C=O) groups is 2. The van der Waals surface area contributed by atoms with Gasteiger partial charge in [0.2, 0.25) is 0 Å². The number of nitrogens with zero attached hydrogens (tertiary/aromatic N) is 1. The molecule has 0 saturated carbocycles. The van der Waals surface area contributed by atoms with Gasteiger partial charge in [-0.3, -0.25) is 14.6 Å². The maximum Gasteiger partial charge on any atom is 0.315 e. The fourth-order valence-electron chi connectivity index (χ4n) is 5.56. The second-order valence-corrected chi connectivity index (χ2v) is 9.71. The highest BCUT2D eigenvalue weighted by molar-refractivity contribution is 6.09. The number of carbonyl (C=O) groups excluding carboxylic acids is 2. The number of allylic oxidation sites excluding steroid dienone is 2. The quantitative estimate of drug-likeness (QED) is 0.364. The first-order valence-corrected chi connectivity index (χ1v) is 12.8. The van der Waals surface area contributed by atoms with Crippen molar-refractivity contribution in [1.29, 1.82) is 0 Å². The van der Waals surface area contributed by atoms with E-state index in [1.165, 1.54) is 0 Å². The number of methoxy groups -OCH3 is 2. The van der Waals surface area contributed by atoms with Gasteiger partial charge < -0.3 is 14.2 Å². The molecule has 3 aromatic carbocycles. The van der Waals surface area contributed by atoms with Crippen molar-refractivity contribution in [1.82, 2.24) is 0 Å². The van der Waals surface area contributed by atoms with Crippen LogP contribution in [-0.4, -0.2) is 31.7 Å². The van der Waals surface area contributed by atoms with Gasteiger partial charge in [0.15, 0.2) is 5.78 Å². The molecule has 5 rings (SSSR count). The minimum Gasteiger partial charge on any atom is -0.497 e. The van der Waals surface area contributed by atoms with Gasteiger partial charge in [-0.15, -0.1) is 0 Å². The lowest BCUT2D eigenvalue weighted by Gasteiger charge is -2.37. The van der Waals surface area contributed by atoms with Crippen LogP contribution in [-0.2, 0) is 20.9 Å². The van der Waals surface area contributed by atoms with E-state index in [0.29, 0.717) is 35.6 Å². The highest BCUT2D eigenvalue weighted by Crippen LogP contribution is 2.49. The smallest absolute Gasteiger partial charge is 0.315 e. The normalized spacial score (nSPS) is 20.9. The van der Waals surface area contributed by atoms with Crippen LogP contribution in [0, 0.1) is 5.92 Å². The van der Waals surface area contributed by atoms with Gasteiger partial charge in [-0.2, -0.15) is 0 Å². The molecule has 1 aliphatic carbocycles. The fraction of sp³-hybridized carbons (Fsp3) is 0.281. The van der Waals surface area contributed by atoms with Gasteiger partial charge in [-0.1, -0.05) is 66.7 Å². The largest absolute Gasteiger partial charge is 0.497 e. The van der Waals surface area contributed by atoms with Gasteiger partial charge in [0.05, 0.1) is 14.2 Å². The Bertz CT molecular complexity index is 1390. The number of ether oxygens (including phenoxy) is 3. The van der Waals surface area contributed by atoms with Crippen molar-refractivity contribution in [3.8, 4) is 11.5 Å². The number of Topliss-reactive ketones (excluding diaryl/α,β-unsaturated/α-hetero) is 1. The standard InChI is InChI=1S/C32H31NO5/c1-20-29(32(35)38-19-21-10-6-4-7-11-21)30(25-15-14-24(36-2)18-28(25)37-3)31-26(33-20)16-23(17-27(31)34)22-12-8-5-9-13-22/h4-15,18,23,29-30H,16-17,19H2,1-3H3/t23-,29?,30+/m0/s1. The van der Waals surface area contributed by atoms with Crippen LogP contribution in [0.3, 0.4) is 0 Å². The third-order valence-electron chi connectivity index (χ3n) is 7.41. The molecular weight excluding hydrogens is 478 g/mol. The summed E-state index contributed by atoms with van der Waals surface area (Å²) < 4.78 is 16.9. The molecule has 3 atom stereocenters. The van der Waals surface area contributed by atoms with Gasteiger partial charge in [0.25, 0.3) is 0 Å². The maximum absolute atomic E-state index is 13.8. The Balaban J connectivity index is 1.56. The van der Waals surface area contributed by atoms with Crippen LogP contribution < -0.4 is 9.47 Å². The number of hydrogen-bond acceptors (Lipinski definition) is 6. The highest BCUT2D eigenvalue weighted by Gasteiger charge is 2.45. The zero-order valence-electron chi connectivity index (χ0n) is 21.8. The van der Waals surface area contributed by atoms with Crippen LogP contribution in [0.4, 0.5) is 0 Å². The van der Waals surface area contributed by atoms with E-state index in [9.17, 15) is 9.59 Å². The Morgan fingerprint density at radius 3 is 2.32 bits per heavy atom. The molecule has 0 saturated heterocycles. The number of hydrogen-bond donors (Lipinski definition) is 0. The molecule has 0 spiro atoms. The van der Waals surface area contributed by atoms with E-state index in [1.807, 2.05) is 67.6 Å². The Morgan fingerprint density at radius 1 is 0.921 bits per heavy atom. The molecule has 1 heterocycles. The summed E-state index contributed by atoms with van der Waals surface area (Å²) in [7, 11) is 3.17. The first kappa shape index (κ1) is 25.5. The van der Waals surface area contributed by atoms with Gasteiger partial charge in [0.1, 0.15) is 24.0 Å². The monoisotopic (exact) mass is 509 g/mol. The molecule has 0 amide bonds. The van der Waals surface area contributed by atoms with Crippen molar-refractivity contribution < 1.29 is 23.8 Å². The summed E-state index contributed by atoms with van der Waals surface area (Å²) in [6.45, 7) is 1.99. The molecule has 0 radical (unpaired) electrons. The molecule has 6 heteroatoms. The van der Waals surface area contributed by atoms with Crippen LogP contribution in [0.5, 0.6) is 11.5 Å². The molecule has 0 N–H and O–H groups in total. The lowest BCUT2D eigenvalue weighted by molar-refractivity contribution is -0.148. The Labute approximate surface area is 223 Å². The van der Waals surface area contributed by atoms with E-state index in [-0.39, 0.29) is 18.3 Å². The second-order valence-electron chi connectivity index (χ2n) is 9.71. The van der Waals surface area contributed by atoms with Crippen molar-refractivity contribution in [3.05, 3.63) is 107 Å². The van der Waals surface area contributed by atoms with Crippen LogP contribution in [0.25, 0.3) is 0 Å². The summed E-state index contributed by atoms with van der Waals surface area (Å²) in [5, 5.41) is 0. The SMILES string of the molecule is COc1ccc([C@H]2C3=C(C[C@H](c4ccccc4)CC3=O)N=C(C)C2C(=O)OCc2ccccc2)c(OC)c1. The summed E-state index contributed by atoms with van der Waals surface area (Å²) in [6, 6.07) is 25.1. The first-order valence-electron chi connectivity index (χ1n) is 12.8. The Morgan fingerprint density at radius 2 is 1.63 bits per heavy atom. The molecule has 0 aromatic heterocycles. The van der Waals surface area contributed by atoms with Crippen molar-refractivity contribution in [3.63, 3.8) is 0 Å². The fourth-order valence-corrected chi connectivity index (χ4v) is 5.56. The summed E-state index contributed by atoms with van der Waals surface area (Å²) in [5.41, 5.74) is 4.69. The second kappa shape index (κ2) is 11.1. The van der Waals surface area contributed by atoms with Crippen LogP contribution in [0.15, 0.2) is 95.1 Å². The summed E-state index contributed by atoms with van der Waals surface area (Å²) >= 11 is 0. The van der Waals surface area contributed by atoms with Crippen molar-refractivity contribution in [2.75, 3.05) is 14.2 Å². The average Bonchev–Trinajstić information content (AvgIpc) is 2.95. The van der Waals surface area contributed by atoms with Gasteiger partial charge in [-0.05, 0) is 36.5 Å². The molecule has 0 bridgehead atoms. The lowest BCUT2D eigenvalue weighted by Crippen LogP contribution is -2.38. The zero-order chi connectivity index (χ0) is 26.6. The molecule has 1 aliphatic heterocycles. The van der Waals surface area contributed by atoms with E-state index in [0.717, 1.165) is 22.4 Å². The molecular formula is C32H31NO5. The third-order valence-corrected chi connectivity index (χ3v) is 7.41. The zero-order valence-corrected chi connectivity index (χ0v) is 21.8. The third kappa shape index (κ3) is 4.99. The van der Waals surface area contributed by atoms with Gasteiger partial charge in [-0.25, -0.2) is 0 Å². The Hall–Kier alpha value is -4.19. The minimum absolute atomic E-state index is 0.0000774. The van der Waals surface area contributed by atoms with E-state index in [4.69, 9.17) is 19.2 Å². The lowest BCUT2D eigenvalue weighted by atomic mass is 9.69. The van der Waals surface area contributed by atoms with Crippen LogP contribution in [0.1, 0.15) is 48.3 Å². The Kier molecular flexibility index (Phi) is 7.40. The van der Waals surface area contributed by atoms with Crippen molar-refractivity contribution in [2.24, 2.45) is 10.9 Å². The predicted molar refractivity (Wildman–Crippen MR) is 146 cm³/mol. The molecule has 0 fully saturated rings. The van der Waals surface area contributed by atoms with Crippen LogP contribution in [0.2, 0.25) is 0 Å². The number of rotatable bonds is 7. The number of aliphatic imine (C=N–C) groups is 1. The highest BCUT2D eigenvalue weighted by atomic mass is 16.5. The van der Waals surface area contributed by atoms with Crippen LogP contribution >= 0.6 is 0 Å². The van der Waals surface area contributed by atoms with E-state index in [2.05, 4.69) is 12.1 Å². The number of ketones is 1. The molecule has 2 aliphatic rings. The molecule has 194 valence electrons. The van der Waals surface area contributed by atoms with E-state index < -0.39 is 17.8 Å². The molecule has 38 heavy (non-hydrogen) atoms. The number of benzene rings is 3. The summed E-state index contributed by atoms with van der Waals surface area (Å²) in [4.78, 5) is 32.3. The minimum atomic E-state index is -0.753. The molecule has 3 aromatic rings. The van der Waals surface area contributed by atoms with E-state index in [1.54, 1.807) is 20.3 Å². The van der Waals surface area contributed by atoms with Crippen molar-refractivity contribution in [2.45, 2.75) is 38.2 Å². The average molecular weight is 510 g/mol. The topological polar surface area (TPSA) is 74.2 Å².